The van der Waals surface area contributed by atoms with Gasteiger partial charge in [-0.3, -0.25) is 4.79 Å². The summed E-state index contributed by atoms with van der Waals surface area (Å²) in [6, 6.07) is 0.785. The highest BCUT2D eigenvalue weighted by molar-refractivity contribution is 5.76. The third-order valence-corrected chi connectivity index (χ3v) is 2.95. The third-order valence-electron chi connectivity index (χ3n) is 2.95. The van der Waals surface area contributed by atoms with Crippen LogP contribution in [0.4, 0.5) is 0 Å². The van der Waals surface area contributed by atoms with Crippen molar-refractivity contribution >= 4 is 5.91 Å². The lowest BCUT2D eigenvalue weighted by Crippen LogP contribution is -2.44. The van der Waals surface area contributed by atoms with Crippen molar-refractivity contribution in [3.63, 3.8) is 0 Å². The Kier molecular flexibility index (Phi) is 7.45. The fourth-order valence-corrected chi connectivity index (χ4v) is 2.22. The van der Waals surface area contributed by atoms with Gasteiger partial charge in [0.1, 0.15) is 0 Å². The normalized spacial score (nSPS) is 14.7. The van der Waals surface area contributed by atoms with Gasteiger partial charge >= 0.3 is 0 Å². The maximum Gasteiger partial charge on any atom is 0.222 e. The summed E-state index contributed by atoms with van der Waals surface area (Å²) in [5, 5.41) is 0. The third kappa shape index (κ3) is 4.67. The van der Waals surface area contributed by atoms with Gasteiger partial charge in [-0.15, -0.1) is 0 Å². The van der Waals surface area contributed by atoms with E-state index in [4.69, 9.17) is 0 Å². The Balaban J connectivity index is 4.48. The summed E-state index contributed by atoms with van der Waals surface area (Å²) in [6.45, 7) is 10.6. The topological polar surface area (TPSA) is 20.3 Å². The van der Waals surface area contributed by atoms with Crippen LogP contribution >= 0.6 is 0 Å². The Labute approximate surface area is 95.0 Å². The van der Waals surface area contributed by atoms with E-state index in [9.17, 15) is 4.79 Å². The van der Waals surface area contributed by atoms with E-state index in [1.807, 2.05) is 6.92 Å². The molecule has 0 aromatic heterocycles. The molecule has 0 bridgehead atoms. The van der Waals surface area contributed by atoms with Crippen molar-refractivity contribution in [2.45, 2.75) is 78.8 Å². The monoisotopic (exact) mass is 213 g/mol. The average molecular weight is 213 g/mol. The Hall–Kier alpha value is -0.530. The van der Waals surface area contributed by atoms with E-state index in [-0.39, 0.29) is 0 Å². The maximum atomic E-state index is 11.9. The smallest absolute Gasteiger partial charge is 0.222 e. The van der Waals surface area contributed by atoms with Gasteiger partial charge < -0.3 is 4.90 Å². The zero-order valence-electron chi connectivity index (χ0n) is 11.0. The van der Waals surface area contributed by atoms with Gasteiger partial charge in [0.05, 0.1) is 0 Å². The second kappa shape index (κ2) is 7.72. The molecule has 90 valence electrons. The quantitative estimate of drug-likeness (QED) is 0.632. The summed E-state index contributed by atoms with van der Waals surface area (Å²) < 4.78 is 0. The van der Waals surface area contributed by atoms with Crippen molar-refractivity contribution in [3.05, 3.63) is 0 Å². The Morgan fingerprint density at radius 3 is 1.67 bits per heavy atom. The van der Waals surface area contributed by atoms with Crippen LogP contribution in [0.3, 0.4) is 0 Å². The molecule has 0 aliphatic rings. The van der Waals surface area contributed by atoms with Crippen LogP contribution in [0.2, 0.25) is 0 Å². The Morgan fingerprint density at radius 2 is 1.40 bits per heavy atom. The summed E-state index contributed by atoms with van der Waals surface area (Å²) in [7, 11) is 0. The molecule has 0 saturated carbocycles. The Morgan fingerprint density at radius 1 is 1.00 bits per heavy atom. The first-order chi connectivity index (χ1) is 7.08. The Bertz CT molecular complexity index is 167. The molecule has 0 spiro atoms. The molecule has 0 heterocycles. The van der Waals surface area contributed by atoms with Gasteiger partial charge in [-0.05, 0) is 26.7 Å². The first kappa shape index (κ1) is 14.5. The molecule has 0 aliphatic carbocycles. The molecule has 1 amide bonds. The van der Waals surface area contributed by atoms with Crippen molar-refractivity contribution in [2.75, 3.05) is 0 Å². The van der Waals surface area contributed by atoms with Crippen LogP contribution in [-0.4, -0.2) is 22.9 Å². The van der Waals surface area contributed by atoms with E-state index >= 15 is 0 Å². The van der Waals surface area contributed by atoms with Gasteiger partial charge in [0.25, 0.3) is 0 Å². The molecule has 15 heavy (non-hydrogen) atoms. The molecule has 0 radical (unpaired) electrons. The first-order valence-electron chi connectivity index (χ1n) is 6.39. The lowest BCUT2D eigenvalue weighted by Gasteiger charge is -2.34. The second-order valence-corrected chi connectivity index (χ2v) is 4.43. The van der Waals surface area contributed by atoms with Gasteiger partial charge in [0, 0.05) is 18.5 Å². The van der Waals surface area contributed by atoms with E-state index in [2.05, 4.69) is 32.6 Å². The molecule has 2 unspecified atom stereocenters. The lowest BCUT2D eigenvalue weighted by atomic mass is 10.1. The number of amides is 1. The molecular weight excluding hydrogens is 186 g/mol. The van der Waals surface area contributed by atoms with Crippen LogP contribution in [0.1, 0.15) is 66.7 Å². The number of carbonyl (C=O) groups is 1. The van der Waals surface area contributed by atoms with Gasteiger partial charge in [0.2, 0.25) is 5.91 Å². The van der Waals surface area contributed by atoms with Crippen molar-refractivity contribution in [1.29, 1.82) is 0 Å². The average Bonchev–Trinajstić information content (AvgIpc) is 2.18. The highest BCUT2D eigenvalue weighted by Crippen LogP contribution is 2.15. The zero-order chi connectivity index (χ0) is 11.8. The molecule has 2 atom stereocenters. The van der Waals surface area contributed by atoms with Crippen molar-refractivity contribution in [2.24, 2.45) is 0 Å². The molecule has 0 saturated heterocycles. The maximum absolute atomic E-state index is 11.9. The predicted octanol–water partition coefficient (Wildman–Crippen LogP) is 3.60. The van der Waals surface area contributed by atoms with Crippen LogP contribution in [0.5, 0.6) is 0 Å². The largest absolute Gasteiger partial charge is 0.337 e. The second-order valence-electron chi connectivity index (χ2n) is 4.43. The van der Waals surface area contributed by atoms with Gasteiger partial charge in [0.15, 0.2) is 0 Å². The predicted molar refractivity (Wildman–Crippen MR) is 65.9 cm³/mol. The zero-order valence-corrected chi connectivity index (χ0v) is 11.0. The molecule has 0 aromatic rings. The SMILES string of the molecule is CCCC(C)N(C(=O)CC)C(C)CCC. The lowest BCUT2D eigenvalue weighted by molar-refractivity contribution is -0.135. The minimum atomic E-state index is 0.303. The van der Waals surface area contributed by atoms with E-state index in [1.54, 1.807) is 0 Å². The van der Waals surface area contributed by atoms with Crippen molar-refractivity contribution in [3.8, 4) is 0 Å². The fraction of sp³-hybridized carbons (Fsp3) is 0.923. The van der Waals surface area contributed by atoms with Crippen LogP contribution in [0, 0.1) is 0 Å². The van der Waals surface area contributed by atoms with E-state index < -0.39 is 0 Å². The van der Waals surface area contributed by atoms with Crippen LogP contribution in [0.15, 0.2) is 0 Å². The highest BCUT2D eigenvalue weighted by atomic mass is 16.2. The fourth-order valence-electron chi connectivity index (χ4n) is 2.22. The summed E-state index contributed by atoms with van der Waals surface area (Å²) >= 11 is 0. The molecule has 0 fully saturated rings. The van der Waals surface area contributed by atoms with Gasteiger partial charge in [-0.25, -0.2) is 0 Å². The number of hydrogen-bond acceptors (Lipinski definition) is 1. The summed E-state index contributed by atoms with van der Waals surface area (Å²) in [5.41, 5.74) is 0. The number of hydrogen-bond donors (Lipinski definition) is 0. The minimum absolute atomic E-state index is 0.303. The molecule has 2 nitrogen and oxygen atoms in total. The number of carbonyl (C=O) groups excluding carboxylic acids is 1. The molecule has 0 aromatic carbocycles. The summed E-state index contributed by atoms with van der Waals surface area (Å²) in [4.78, 5) is 14.0. The minimum Gasteiger partial charge on any atom is -0.337 e. The van der Waals surface area contributed by atoms with Crippen LogP contribution in [0.25, 0.3) is 0 Å². The van der Waals surface area contributed by atoms with Crippen molar-refractivity contribution in [1.82, 2.24) is 4.90 Å². The van der Waals surface area contributed by atoms with Gasteiger partial charge in [-0.1, -0.05) is 33.6 Å². The van der Waals surface area contributed by atoms with Crippen molar-refractivity contribution < 1.29 is 4.79 Å². The highest BCUT2D eigenvalue weighted by Gasteiger charge is 2.22. The van der Waals surface area contributed by atoms with Crippen LogP contribution < -0.4 is 0 Å². The first-order valence-corrected chi connectivity index (χ1v) is 6.39. The molecule has 0 N–H and O–H groups in total. The summed E-state index contributed by atoms with van der Waals surface area (Å²) in [6.07, 6.45) is 5.14. The molecule has 0 rings (SSSR count). The molecular formula is C13H27NO. The van der Waals surface area contributed by atoms with E-state index in [1.165, 1.54) is 0 Å². The molecule has 0 aliphatic heterocycles. The summed E-state index contributed by atoms with van der Waals surface area (Å²) in [5.74, 6) is 0.303. The number of rotatable bonds is 7. The van der Waals surface area contributed by atoms with Gasteiger partial charge in [-0.2, -0.15) is 0 Å². The van der Waals surface area contributed by atoms with E-state index in [0.717, 1.165) is 25.7 Å². The standard InChI is InChI=1S/C13H27NO/c1-6-9-11(4)14(13(15)8-3)12(5)10-7-2/h11-12H,6-10H2,1-5H3. The number of nitrogens with zero attached hydrogens (tertiary/aromatic N) is 1. The van der Waals surface area contributed by atoms with Crippen LogP contribution in [-0.2, 0) is 4.79 Å². The molecule has 2 heteroatoms. The van der Waals surface area contributed by atoms with E-state index in [0.29, 0.717) is 24.4 Å².